The number of anilines is 1. The monoisotopic (exact) mass is 364 g/mol. The van der Waals surface area contributed by atoms with Crippen LogP contribution in [0.25, 0.3) is 5.69 Å². The fourth-order valence-corrected chi connectivity index (χ4v) is 2.89. The molecular formula is C20H24N6O. The lowest BCUT2D eigenvalue weighted by Crippen LogP contribution is -2.42. The topological polar surface area (TPSA) is 75.9 Å². The van der Waals surface area contributed by atoms with Crippen LogP contribution in [0.1, 0.15) is 26.1 Å². The molecule has 0 fully saturated rings. The normalized spacial score (nSPS) is 12.1. The van der Waals surface area contributed by atoms with Crippen LogP contribution >= 0.6 is 0 Å². The van der Waals surface area contributed by atoms with E-state index in [-0.39, 0.29) is 11.9 Å². The van der Waals surface area contributed by atoms with E-state index in [0.717, 1.165) is 24.3 Å². The molecule has 0 unspecified atom stereocenters. The van der Waals surface area contributed by atoms with Gasteiger partial charge in [-0.25, -0.2) is 0 Å². The summed E-state index contributed by atoms with van der Waals surface area (Å²) in [5, 5.41) is 15.1. The zero-order valence-electron chi connectivity index (χ0n) is 15.6. The molecule has 0 spiro atoms. The highest BCUT2D eigenvalue weighted by Gasteiger charge is 2.23. The molecule has 1 heterocycles. The molecule has 7 nitrogen and oxygen atoms in total. The number of hydrogen-bond acceptors (Lipinski definition) is 5. The second kappa shape index (κ2) is 9.05. The van der Waals surface area contributed by atoms with E-state index in [1.807, 2.05) is 67.6 Å². The number of carbonyl (C=O) groups excluding carboxylic acids is 1. The number of tetrazole rings is 1. The van der Waals surface area contributed by atoms with Crippen LogP contribution < -0.4 is 5.32 Å². The molecule has 0 saturated carbocycles. The largest absolute Gasteiger partial charge is 0.325 e. The van der Waals surface area contributed by atoms with E-state index in [1.165, 1.54) is 0 Å². The van der Waals surface area contributed by atoms with Gasteiger partial charge < -0.3 is 5.32 Å². The van der Waals surface area contributed by atoms with Crippen molar-refractivity contribution < 1.29 is 4.79 Å². The average Bonchev–Trinajstić information content (AvgIpc) is 3.17. The van der Waals surface area contributed by atoms with E-state index in [9.17, 15) is 4.79 Å². The summed E-state index contributed by atoms with van der Waals surface area (Å²) < 4.78 is 1.71. The van der Waals surface area contributed by atoms with E-state index in [4.69, 9.17) is 0 Å². The van der Waals surface area contributed by atoms with Gasteiger partial charge in [-0.05, 0) is 54.6 Å². The molecule has 2 aromatic carbocycles. The van der Waals surface area contributed by atoms with Crippen LogP contribution in [0, 0.1) is 0 Å². The lowest BCUT2D eigenvalue weighted by molar-refractivity contribution is -0.121. The van der Waals surface area contributed by atoms with E-state index in [1.54, 1.807) is 4.68 Å². The highest BCUT2D eigenvalue weighted by atomic mass is 16.2. The molecule has 27 heavy (non-hydrogen) atoms. The molecule has 0 aliphatic carbocycles. The van der Waals surface area contributed by atoms with Gasteiger partial charge in [-0.2, -0.15) is 4.68 Å². The van der Waals surface area contributed by atoms with Crippen LogP contribution in [-0.4, -0.2) is 43.6 Å². The molecule has 1 atom stereocenters. The Morgan fingerprint density at radius 3 is 2.44 bits per heavy atom. The van der Waals surface area contributed by atoms with E-state index < -0.39 is 0 Å². The molecule has 3 aromatic rings. The maximum Gasteiger partial charge on any atom is 0.241 e. The van der Waals surface area contributed by atoms with Gasteiger partial charge in [-0.15, -0.1) is 5.10 Å². The summed E-state index contributed by atoms with van der Waals surface area (Å²) in [6.45, 7) is 5.25. The molecule has 0 aliphatic heterocycles. The number of hydrogen-bond donors (Lipinski definition) is 1. The first-order valence-electron chi connectivity index (χ1n) is 9.11. The van der Waals surface area contributed by atoms with Crippen LogP contribution in [0.2, 0.25) is 0 Å². The Morgan fingerprint density at radius 2 is 1.78 bits per heavy atom. The molecule has 0 radical (unpaired) electrons. The molecule has 1 aromatic heterocycles. The molecule has 0 aliphatic rings. The molecule has 1 amide bonds. The average molecular weight is 364 g/mol. The van der Waals surface area contributed by atoms with Crippen LogP contribution in [-0.2, 0) is 11.3 Å². The first-order chi connectivity index (χ1) is 13.2. The van der Waals surface area contributed by atoms with Crippen LogP contribution in [0.15, 0.2) is 60.7 Å². The van der Waals surface area contributed by atoms with E-state index in [0.29, 0.717) is 12.4 Å². The minimum absolute atomic E-state index is 0.0478. The Bertz CT molecular complexity index is 849. The smallest absolute Gasteiger partial charge is 0.241 e. The summed E-state index contributed by atoms with van der Waals surface area (Å²) in [5.41, 5.74) is 1.69. The highest BCUT2D eigenvalue weighted by molar-refractivity contribution is 5.94. The maximum atomic E-state index is 12.7. The van der Waals surface area contributed by atoms with Crippen molar-refractivity contribution in [2.45, 2.75) is 32.9 Å². The van der Waals surface area contributed by atoms with Crippen LogP contribution in [0.3, 0.4) is 0 Å². The van der Waals surface area contributed by atoms with Gasteiger partial charge in [0.25, 0.3) is 0 Å². The van der Waals surface area contributed by atoms with Crippen molar-refractivity contribution in [3.05, 3.63) is 66.5 Å². The first kappa shape index (κ1) is 18.7. The van der Waals surface area contributed by atoms with Gasteiger partial charge in [0.1, 0.15) is 0 Å². The Labute approximate surface area is 159 Å². The number of aromatic nitrogens is 4. The molecule has 0 saturated heterocycles. The fraction of sp³-hybridized carbons (Fsp3) is 0.300. The molecule has 7 heteroatoms. The standard InChI is InChI=1S/C20H24N6O/c1-3-14-25(16(2)20(27)21-17-10-6-4-7-11-17)15-19-22-23-24-26(19)18-12-8-5-9-13-18/h4-13,16H,3,14-15H2,1-2H3,(H,21,27)/t16-/m0/s1. The molecule has 1 N–H and O–H groups in total. The minimum Gasteiger partial charge on any atom is -0.325 e. The van der Waals surface area contributed by atoms with E-state index >= 15 is 0 Å². The van der Waals surface area contributed by atoms with Crippen molar-refractivity contribution in [3.8, 4) is 5.69 Å². The van der Waals surface area contributed by atoms with Crippen molar-refractivity contribution in [1.29, 1.82) is 0 Å². The van der Waals surface area contributed by atoms with Crippen molar-refractivity contribution >= 4 is 11.6 Å². The minimum atomic E-state index is -0.314. The summed E-state index contributed by atoms with van der Waals surface area (Å²) in [6, 6.07) is 18.9. The van der Waals surface area contributed by atoms with Gasteiger partial charge >= 0.3 is 0 Å². The third-order valence-corrected chi connectivity index (χ3v) is 4.36. The zero-order chi connectivity index (χ0) is 19.1. The number of para-hydroxylation sites is 2. The van der Waals surface area contributed by atoms with Crippen molar-refractivity contribution in [1.82, 2.24) is 25.1 Å². The predicted molar refractivity (Wildman–Crippen MR) is 104 cm³/mol. The molecule has 0 bridgehead atoms. The maximum absolute atomic E-state index is 12.7. The Hall–Kier alpha value is -3.06. The zero-order valence-corrected chi connectivity index (χ0v) is 15.6. The number of rotatable bonds is 8. The van der Waals surface area contributed by atoms with Gasteiger partial charge in [-0.3, -0.25) is 9.69 Å². The summed E-state index contributed by atoms with van der Waals surface area (Å²) in [5.74, 6) is 0.655. The lowest BCUT2D eigenvalue weighted by atomic mass is 10.2. The lowest BCUT2D eigenvalue weighted by Gasteiger charge is -2.27. The number of nitrogens with zero attached hydrogens (tertiary/aromatic N) is 5. The number of nitrogens with one attached hydrogen (secondary N) is 1. The van der Waals surface area contributed by atoms with Gasteiger partial charge in [0, 0.05) is 5.69 Å². The SMILES string of the molecule is CCCN(Cc1nnnn1-c1ccccc1)[C@@H](C)C(=O)Nc1ccccc1. The Balaban J connectivity index is 1.74. The molecule has 140 valence electrons. The third-order valence-electron chi connectivity index (χ3n) is 4.36. The summed E-state index contributed by atoms with van der Waals surface area (Å²) in [6.07, 6.45) is 0.926. The summed E-state index contributed by atoms with van der Waals surface area (Å²) in [7, 11) is 0. The third kappa shape index (κ3) is 4.77. The van der Waals surface area contributed by atoms with Crippen molar-refractivity contribution in [2.75, 3.05) is 11.9 Å². The second-order valence-corrected chi connectivity index (χ2v) is 6.34. The number of carbonyl (C=O) groups is 1. The van der Waals surface area contributed by atoms with Crippen LogP contribution in [0.5, 0.6) is 0 Å². The Kier molecular flexibility index (Phi) is 6.27. The van der Waals surface area contributed by atoms with Crippen LogP contribution in [0.4, 0.5) is 5.69 Å². The molecule has 3 rings (SSSR count). The van der Waals surface area contributed by atoms with E-state index in [2.05, 4.69) is 32.7 Å². The Morgan fingerprint density at radius 1 is 1.11 bits per heavy atom. The van der Waals surface area contributed by atoms with Gasteiger partial charge in [0.2, 0.25) is 5.91 Å². The summed E-state index contributed by atoms with van der Waals surface area (Å²) >= 11 is 0. The number of benzene rings is 2. The van der Waals surface area contributed by atoms with Gasteiger partial charge in [0.05, 0.1) is 18.3 Å². The molecular weight excluding hydrogens is 340 g/mol. The number of amides is 1. The van der Waals surface area contributed by atoms with Gasteiger partial charge in [0.15, 0.2) is 5.82 Å². The quantitative estimate of drug-likeness (QED) is 0.665. The second-order valence-electron chi connectivity index (χ2n) is 6.34. The summed E-state index contributed by atoms with van der Waals surface area (Å²) in [4.78, 5) is 14.8. The fourth-order valence-electron chi connectivity index (χ4n) is 2.89. The first-order valence-corrected chi connectivity index (χ1v) is 9.11. The highest BCUT2D eigenvalue weighted by Crippen LogP contribution is 2.13. The van der Waals surface area contributed by atoms with Gasteiger partial charge in [-0.1, -0.05) is 43.3 Å². The van der Waals surface area contributed by atoms with Crippen molar-refractivity contribution in [2.24, 2.45) is 0 Å². The van der Waals surface area contributed by atoms with Crippen molar-refractivity contribution in [3.63, 3.8) is 0 Å². The predicted octanol–water partition coefficient (Wildman–Crippen LogP) is 2.90.